The van der Waals surface area contributed by atoms with Crippen molar-refractivity contribution in [3.63, 3.8) is 0 Å². The van der Waals surface area contributed by atoms with Crippen LogP contribution in [0.2, 0.25) is 5.02 Å². The highest BCUT2D eigenvalue weighted by molar-refractivity contribution is 8.02. The van der Waals surface area contributed by atoms with Crippen molar-refractivity contribution in [2.24, 2.45) is 0 Å². The van der Waals surface area contributed by atoms with Crippen LogP contribution in [0.1, 0.15) is 6.92 Å². The van der Waals surface area contributed by atoms with Crippen molar-refractivity contribution in [2.45, 2.75) is 23.2 Å². The molecule has 0 spiro atoms. The SMILES string of the molecule is CC(=O)OC1CS(=O)(=O)CC1Sc1ccc(Cl)cc1. The van der Waals surface area contributed by atoms with Crippen molar-refractivity contribution in [1.29, 1.82) is 0 Å². The summed E-state index contributed by atoms with van der Waals surface area (Å²) in [5, 5.41) is 0.356. The lowest BCUT2D eigenvalue weighted by Gasteiger charge is -2.17. The van der Waals surface area contributed by atoms with Crippen LogP contribution in [0.25, 0.3) is 0 Å². The number of hydrogen-bond acceptors (Lipinski definition) is 5. The maximum Gasteiger partial charge on any atom is 0.302 e. The Morgan fingerprint density at radius 2 is 1.95 bits per heavy atom. The summed E-state index contributed by atoms with van der Waals surface area (Å²) in [6.45, 7) is 1.29. The average molecular weight is 321 g/mol. The fourth-order valence-corrected chi connectivity index (χ4v) is 5.64. The minimum atomic E-state index is -3.14. The van der Waals surface area contributed by atoms with Gasteiger partial charge in [-0.3, -0.25) is 4.79 Å². The van der Waals surface area contributed by atoms with Crippen LogP contribution in [0.4, 0.5) is 0 Å². The molecule has 2 rings (SSSR count). The van der Waals surface area contributed by atoms with Gasteiger partial charge >= 0.3 is 5.97 Å². The van der Waals surface area contributed by atoms with Crippen molar-refractivity contribution >= 4 is 39.2 Å². The van der Waals surface area contributed by atoms with Gasteiger partial charge < -0.3 is 4.74 Å². The van der Waals surface area contributed by atoms with Crippen LogP contribution in [0.15, 0.2) is 29.2 Å². The summed E-state index contributed by atoms with van der Waals surface area (Å²) in [4.78, 5) is 11.9. The van der Waals surface area contributed by atoms with Crippen molar-refractivity contribution in [2.75, 3.05) is 11.5 Å². The van der Waals surface area contributed by atoms with Gasteiger partial charge in [-0.25, -0.2) is 8.42 Å². The van der Waals surface area contributed by atoms with E-state index in [1.165, 1.54) is 18.7 Å². The molecule has 1 heterocycles. The van der Waals surface area contributed by atoms with Crippen LogP contribution >= 0.6 is 23.4 Å². The third-order valence-electron chi connectivity index (χ3n) is 2.67. The van der Waals surface area contributed by atoms with Gasteiger partial charge in [0.1, 0.15) is 6.10 Å². The standard InChI is InChI=1S/C12H13ClO4S2/c1-8(14)17-11-6-19(15,16)7-12(11)18-10-4-2-9(13)3-5-10/h2-5,11-12H,6-7H2,1H3. The highest BCUT2D eigenvalue weighted by Gasteiger charge is 2.40. The summed E-state index contributed by atoms with van der Waals surface area (Å²) >= 11 is 7.19. The number of hydrogen-bond donors (Lipinski definition) is 0. The summed E-state index contributed by atoms with van der Waals surface area (Å²) in [6, 6.07) is 7.13. The van der Waals surface area contributed by atoms with Gasteiger partial charge in [-0.05, 0) is 24.3 Å². The molecule has 1 aliphatic rings. The Balaban J connectivity index is 2.12. The minimum Gasteiger partial charge on any atom is -0.460 e. The van der Waals surface area contributed by atoms with Crippen LogP contribution in [-0.2, 0) is 19.4 Å². The van der Waals surface area contributed by atoms with Crippen LogP contribution in [0.3, 0.4) is 0 Å². The number of thioether (sulfide) groups is 1. The molecule has 104 valence electrons. The second-order valence-electron chi connectivity index (χ2n) is 4.34. The first-order valence-electron chi connectivity index (χ1n) is 5.65. The molecule has 4 nitrogen and oxygen atoms in total. The summed E-state index contributed by atoms with van der Waals surface area (Å²) in [5.41, 5.74) is 0. The Hall–Kier alpha value is -0.720. The maximum atomic E-state index is 11.7. The molecule has 1 aromatic carbocycles. The molecule has 0 aromatic heterocycles. The van der Waals surface area contributed by atoms with Crippen LogP contribution in [0, 0.1) is 0 Å². The van der Waals surface area contributed by atoms with Crippen LogP contribution in [-0.4, -0.2) is 37.2 Å². The third-order valence-corrected chi connectivity index (χ3v) is 6.15. The van der Waals surface area contributed by atoms with Gasteiger partial charge in [0.05, 0.1) is 16.8 Å². The zero-order chi connectivity index (χ0) is 14.0. The van der Waals surface area contributed by atoms with E-state index < -0.39 is 21.9 Å². The topological polar surface area (TPSA) is 60.4 Å². The fourth-order valence-electron chi connectivity index (χ4n) is 1.90. The molecule has 0 radical (unpaired) electrons. The first kappa shape index (κ1) is 14.7. The monoisotopic (exact) mass is 320 g/mol. The summed E-state index contributed by atoms with van der Waals surface area (Å²) in [5.74, 6) is -0.528. The van der Waals surface area contributed by atoms with E-state index in [0.29, 0.717) is 5.02 Å². The zero-order valence-electron chi connectivity index (χ0n) is 10.2. The molecule has 0 bridgehead atoms. The van der Waals surface area contributed by atoms with Gasteiger partial charge in [-0.2, -0.15) is 0 Å². The Morgan fingerprint density at radius 3 is 2.53 bits per heavy atom. The molecule has 2 unspecified atom stereocenters. The van der Waals surface area contributed by atoms with Gasteiger partial charge in [0, 0.05) is 16.8 Å². The molecular weight excluding hydrogens is 308 g/mol. The Bertz CT molecular complexity index is 568. The number of esters is 1. The molecule has 1 fully saturated rings. The molecule has 1 aliphatic heterocycles. The number of halogens is 1. The highest BCUT2D eigenvalue weighted by atomic mass is 35.5. The van der Waals surface area contributed by atoms with E-state index in [0.717, 1.165) is 4.90 Å². The Kier molecular flexibility index (Phi) is 4.43. The second-order valence-corrected chi connectivity index (χ2v) is 8.24. The zero-order valence-corrected chi connectivity index (χ0v) is 12.6. The van der Waals surface area contributed by atoms with Gasteiger partial charge in [-0.15, -0.1) is 11.8 Å². The first-order chi connectivity index (χ1) is 8.85. The van der Waals surface area contributed by atoms with Gasteiger partial charge in [-0.1, -0.05) is 11.6 Å². The molecule has 2 atom stereocenters. The molecule has 0 N–H and O–H groups in total. The molecular formula is C12H13ClO4S2. The summed E-state index contributed by atoms with van der Waals surface area (Å²) < 4.78 is 28.4. The van der Waals surface area contributed by atoms with E-state index in [4.69, 9.17) is 16.3 Å². The first-order valence-corrected chi connectivity index (χ1v) is 8.73. The molecule has 1 saturated heterocycles. The van der Waals surface area contributed by atoms with Crippen molar-refractivity contribution in [3.8, 4) is 0 Å². The van der Waals surface area contributed by atoms with Crippen LogP contribution < -0.4 is 0 Å². The maximum absolute atomic E-state index is 11.7. The lowest BCUT2D eigenvalue weighted by molar-refractivity contribution is -0.144. The van der Waals surface area contributed by atoms with E-state index >= 15 is 0 Å². The summed E-state index contributed by atoms with van der Waals surface area (Å²) in [6.07, 6.45) is -0.580. The highest BCUT2D eigenvalue weighted by Crippen LogP contribution is 2.33. The van der Waals surface area contributed by atoms with Crippen molar-refractivity contribution in [1.82, 2.24) is 0 Å². The lowest BCUT2D eigenvalue weighted by atomic mass is 10.3. The second kappa shape index (κ2) is 5.73. The van der Waals surface area contributed by atoms with Gasteiger partial charge in [0.25, 0.3) is 0 Å². The van der Waals surface area contributed by atoms with E-state index in [2.05, 4.69) is 0 Å². The lowest BCUT2D eigenvalue weighted by Crippen LogP contribution is -2.26. The largest absolute Gasteiger partial charge is 0.460 e. The number of carbonyl (C=O) groups is 1. The smallest absolute Gasteiger partial charge is 0.302 e. The normalized spacial score (nSPS) is 25.2. The van der Waals surface area contributed by atoms with Crippen LogP contribution in [0.5, 0.6) is 0 Å². The van der Waals surface area contributed by atoms with Crippen molar-refractivity contribution < 1.29 is 17.9 Å². The molecule has 0 amide bonds. The van der Waals surface area contributed by atoms with E-state index in [9.17, 15) is 13.2 Å². The molecule has 0 aliphatic carbocycles. The average Bonchev–Trinajstić information content (AvgIpc) is 2.55. The van der Waals surface area contributed by atoms with E-state index in [1.807, 2.05) is 12.1 Å². The Morgan fingerprint density at radius 1 is 1.32 bits per heavy atom. The number of rotatable bonds is 3. The predicted octanol–water partition coefficient (Wildman–Crippen LogP) is 2.16. The number of ether oxygens (including phenoxy) is 1. The quantitative estimate of drug-likeness (QED) is 0.799. The predicted molar refractivity (Wildman–Crippen MR) is 75.3 cm³/mol. The summed E-state index contributed by atoms with van der Waals surface area (Å²) in [7, 11) is -3.14. The third kappa shape index (κ3) is 4.12. The minimum absolute atomic E-state index is 0.0260. The number of carbonyl (C=O) groups excluding carboxylic acids is 1. The number of sulfone groups is 1. The van der Waals surface area contributed by atoms with E-state index in [1.54, 1.807) is 12.1 Å². The number of benzene rings is 1. The molecule has 7 heteroatoms. The fraction of sp³-hybridized carbons (Fsp3) is 0.417. The molecule has 0 saturated carbocycles. The molecule has 1 aromatic rings. The van der Waals surface area contributed by atoms with E-state index in [-0.39, 0.29) is 16.8 Å². The van der Waals surface area contributed by atoms with Gasteiger partial charge in [0.2, 0.25) is 0 Å². The van der Waals surface area contributed by atoms with Gasteiger partial charge in [0.15, 0.2) is 9.84 Å². The van der Waals surface area contributed by atoms with Crippen molar-refractivity contribution in [3.05, 3.63) is 29.3 Å². The Labute approximate surface area is 121 Å². The molecule has 19 heavy (non-hydrogen) atoms.